The number of furan rings is 1. The standard InChI is InChI=1S/C12H18N2O2/c1-9(11-6-4-8-16-11)14-12(15)10-5-2-3-7-13-10/h4,6,8-10,13H,2-3,5,7H2,1H3,(H,14,15)/t9-,10+/m1/s1. The molecule has 0 saturated carbocycles. The van der Waals surface area contributed by atoms with Crippen LogP contribution in [0, 0.1) is 0 Å². The fraction of sp³-hybridized carbons (Fsp3) is 0.583. The van der Waals surface area contributed by atoms with Crippen molar-refractivity contribution in [2.45, 2.75) is 38.3 Å². The zero-order chi connectivity index (χ0) is 11.4. The van der Waals surface area contributed by atoms with Crippen molar-refractivity contribution in [2.75, 3.05) is 6.54 Å². The van der Waals surface area contributed by atoms with E-state index in [-0.39, 0.29) is 18.0 Å². The van der Waals surface area contributed by atoms with Gasteiger partial charge < -0.3 is 15.1 Å². The third-order valence-electron chi connectivity index (χ3n) is 2.96. The third-order valence-corrected chi connectivity index (χ3v) is 2.96. The number of piperidine rings is 1. The molecule has 2 N–H and O–H groups in total. The van der Waals surface area contributed by atoms with Gasteiger partial charge in [0, 0.05) is 0 Å². The molecule has 0 aromatic carbocycles. The normalized spacial score (nSPS) is 22.7. The fourth-order valence-electron chi connectivity index (χ4n) is 2.00. The largest absolute Gasteiger partial charge is 0.467 e. The molecule has 1 fully saturated rings. The molecular weight excluding hydrogens is 204 g/mol. The maximum Gasteiger partial charge on any atom is 0.237 e. The molecule has 0 unspecified atom stereocenters. The molecule has 4 nitrogen and oxygen atoms in total. The first-order valence-electron chi connectivity index (χ1n) is 5.84. The van der Waals surface area contributed by atoms with Crippen LogP contribution in [0.4, 0.5) is 0 Å². The highest BCUT2D eigenvalue weighted by molar-refractivity contribution is 5.82. The van der Waals surface area contributed by atoms with Crippen LogP contribution in [0.5, 0.6) is 0 Å². The number of carbonyl (C=O) groups excluding carboxylic acids is 1. The van der Waals surface area contributed by atoms with E-state index < -0.39 is 0 Å². The van der Waals surface area contributed by atoms with Gasteiger partial charge in [-0.3, -0.25) is 4.79 Å². The first kappa shape index (κ1) is 11.2. The van der Waals surface area contributed by atoms with Crippen molar-refractivity contribution in [1.29, 1.82) is 0 Å². The van der Waals surface area contributed by atoms with Crippen molar-refractivity contribution in [3.8, 4) is 0 Å². The minimum absolute atomic E-state index is 0.0360. The lowest BCUT2D eigenvalue weighted by Crippen LogP contribution is -2.47. The molecule has 1 aromatic heterocycles. The van der Waals surface area contributed by atoms with Crippen LogP contribution in [0.25, 0.3) is 0 Å². The SMILES string of the molecule is C[C@@H](NC(=O)[C@@H]1CCCCN1)c1ccco1. The van der Waals surface area contributed by atoms with Gasteiger partial charge in [-0.15, -0.1) is 0 Å². The zero-order valence-electron chi connectivity index (χ0n) is 9.53. The van der Waals surface area contributed by atoms with E-state index in [0.29, 0.717) is 0 Å². The second-order valence-corrected chi connectivity index (χ2v) is 4.25. The Morgan fingerprint density at radius 3 is 3.12 bits per heavy atom. The molecule has 4 heteroatoms. The summed E-state index contributed by atoms with van der Waals surface area (Å²) < 4.78 is 5.25. The molecule has 1 aliphatic rings. The topological polar surface area (TPSA) is 54.3 Å². The van der Waals surface area contributed by atoms with Gasteiger partial charge in [-0.2, -0.15) is 0 Å². The molecule has 1 amide bonds. The smallest absolute Gasteiger partial charge is 0.237 e. The summed E-state index contributed by atoms with van der Waals surface area (Å²) in [4.78, 5) is 11.9. The molecule has 2 atom stereocenters. The minimum Gasteiger partial charge on any atom is -0.467 e. The highest BCUT2D eigenvalue weighted by Gasteiger charge is 2.22. The molecule has 16 heavy (non-hydrogen) atoms. The Labute approximate surface area is 95.4 Å². The monoisotopic (exact) mass is 222 g/mol. The van der Waals surface area contributed by atoms with Crippen molar-refractivity contribution in [2.24, 2.45) is 0 Å². The summed E-state index contributed by atoms with van der Waals surface area (Å²) in [5.74, 6) is 0.868. The molecule has 0 bridgehead atoms. The summed E-state index contributed by atoms with van der Waals surface area (Å²) in [5.41, 5.74) is 0. The lowest BCUT2D eigenvalue weighted by molar-refractivity contribution is -0.124. The Bertz CT molecular complexity index is 329. The summed E-state index contributed by atoms with van der Waals surface area (Å²) >= 11 is 0. The van der Waals surface area contributed by atoms with E-state index in [1.165, 1.54) is 0 Å². The maximum atomic E-state index is 11.9. The Hall–Kier alpha value is -1.29. The molecule has 1 aromatic rings. The van der Waals surface area contributed by atoms with E-state index >= 15 is 0 Å². The van der Waals surface area contributed by atoms with Crippen LogP contribution in [0.3, 0.4) is 0 Å². The van der Waals surface area contributed by atoms with Gasteiger partial charge >= 0.3 is 0 Å². The van der Waals surface area contributed by atoms with Gasteiger partial charge in [-0.1, -0.05) is 6.42 Å². The summed E-state index contributed by atoms with van der Waals surface area (Å²) in [7, 11) is 0. The number of amides is 1. The Morgan fingerprint density at radius 2 is 2.50 bits per heavy atom. The average molecular weight is 222 g/mol. The third kappa shape index (κ3) is 2.64. The van der Waals surface area contributed by atoms with E-state index in [4.69, 9.17) is 4.42 Å². The van der Waals surface area contributed by atoms with Gasteiger partial charge in [0.15, 0.2) is 0 Å². The van der Waals surface area contributed by atoms with Gasteiger partial charge in [0.2, 0.25) is 5.91 Å². The van der Waals surface area contributed by atoms with Crippen LogP contribution >= 0.6 is 0 Å². The molecule has 2 rings (SSSR count). The summed E-state index contributed by atoms with van der Waals surface area (Å²) in [6.45, 7) is 2.87. The van der Waals surface area contributed by atoms with Crippen LogP contribution < -0.4 is 10.6 Å². The van der Waals surface area contributed by atoms with Gasteiger partial charge in [-0.25, -0.2) is 0 Å². The van der Waals surface area contributed by atoms with Crippen LogP contribution in [0.15, 0.2) is 22.8 Å². The van der Waals surface area contributed by atoms with E-state index in [0.717, 1.165) is 31.6 Å². The highest BCUT2D eigenvalue weighted by Crippen LogP contribution is 2.13. The van der Waals surface area contributed by atoms with Crippen molar-refractivity contribution in [3.63, 3.8) is 0 Å². The quantitative estimate of drug-likeness (QED) is 0.816. The van der Waals surface area contributed by atoms with Gasteiger partial charge in [-0.05, 0) is 38.4 Å². The predicted molar refractivity (Wildman–Crippen MR) is 60.9 cm³/mol. The molecular formula is C12H18N2O2. The maximum absolute atomic E-state index is 11.9. The molecule has 0 radical (unpaired) electrons. The fourth-order valence-corrected chi connectivity index (χ4v) is 2.00. The molecule has 2 heterocycles. The number of carbonyl (C=O) groups is 1. The molecule has 0 aliphatic carbocycles. The Balaban J connectivity index is 1.86. The first-order chi connectivity index (χ1) is 7.77. The number of rotatable bonds is 3. The summed E-state index contributed by atoms with van der Waals surface area (Å²) in [6.07, 6.45) is 4.84. The van der Waals surface area contributed by atoms with Crippen LogP contribution in [-0.2, 0) is 4.79 Å². The van der Waals surface area contributed by atoms with Crippen molar-refractivity contribution < 1.29 is 9.21 Å². The summed E-state index contributed by atoms with van der Waals surface area (Å²) in [6, 6.07) is 3.60. The number of nitrogens with one attached hydrogen (secondary N) is 2. The van der Waals surface area contributed by atoms with Gasteiger partial charge in [0.1, 0.15) is 5.76 Å². The minimum atomic E-state index is -0.0637. The van der Waals surface area contributed by atoms with Crippen LogP contribution in [0.2, 0.25) is 0 Å². The van der Waals surface area contributed by atoms with Crippen LogP contribution in [-0.4, -0.2) is 18.5 Å². The van der Waals surface area contributed by atoms with Gasteiger partial charge in [0.05, 0.1) is 18.3 Å². The molecule has 1 aliphatic heterocycles. The van der Waals surface area contributed by atoms with Crippen molar-refractivity contribution in [1.82, 2.24) is 10.6 Å². The van der Waals surface area contributed by atoms with E-state index in [9.17, 15) is 4.79 Å². The van der Waals surface area contributed by atoms with E-state index in [2.05, 4.69) is 10.6 Å². The number of hydrogen-bond acceptors (Lipinski definition) is 3. The summed E-state index contributed by atoms with van der Waals surface area (Å²) in [5, 5.41) is 6.18. The first-order valence-corrected chi connectivity index (χ1v) is 5.84. The Kier molecular flexibility index (Phi) is 3.62. The number of hydrogen-bond donors (Lipinski definition) is 2. The van der Waals surface area contributed by atoms with Gasteiger partial charge in [0.25, 0.3) is 0 Å². The molecule has 0 spiro atoms. The second kappa shape index (κ2) is 5.16. The average Bonchev–Trinajstić information content (AvgIpc) is 2.83. The Morgan fingerprint density at radius 1 is 1.62 bits per heavy atom. The zero-order valence-corrected chi connectivity index (χ0v) is 9.53. The van der Waals surface area contributed by atoms with Crippen molar-refractivity contribution >= 4 is 5.91 Å². The van der Waals surface area contributed by atoms with E-state index in [1.807, 2.05) is 19.1 Å². The predicted octanol–water partition coefficient (Wildman–Crippen LogP) is 1.60. The lowest BCUT2D eigenvalue weighted by atomic mass is 10.0. The molecule has 1 saturated heterocycles. The highest BCUT2D eigenvalue weighted by atomic mass is 16.3. The van der Waals surface area contributed by atoms with E-state index in [1.54, 1.807) is 6.26 Å². The van der Waals surface area contributed by atoms with Crippen molar-refractivity contribution in [3.05, 3.63) is 24.2 Å². The van der Waals surface area contributed by atoms with Crippen LogP contribution in [0.1, 0.15) is 38.0 Å². The second-order valence-electron chi connectivity index (χ2n) is 4.25. The lowest BCUT2D eigenvalue weighted by Gasteiger charge is -2.24. The molecule has 88 valence electrons.